The number of carbonyl (C=O) groups is 1. The summed E-state index contributed by atoms with van der Waals surface area (Å²) < 4.78 is 1.81. The largest absolute Gasteiger partial charge is 0.481 e. The minimum atomic E-state index is -0.591. The van der Waals surface area contributed by atoms with Crippen LogP contribution >= 0.6 is 0 Å². The van der Waals surface area contributed by atoms with Gasteiger partial charge in [-0.1, -0.05) is 24.3 Å². The lowest BCUT2D eigenvalue weighted by molar-refractivity contribution is -0.156. The monoisotopic (exact) mass is 339 g/mol. The number of benzene rings is 1. The SMILES string of the molecule is Cn1cc(-c2ccc(CNC34CCC(C(=O)O)(CC3)CC4)cc2)cn1. The molecule has 3 fully saturated rings. The topological polar surface area (TPSA) is 67.2 Å². The Morgan fingerprint density at radius 3 is 2.28 bits per heavy atom. The molecule has 0 amide bonds. The summed E-state index contributed by atoms with van der Waals surface area (Å²) in [5, 5.41) is 17.5. The number of aliphatic carboxylic acids is 1. The maximum Gasteiger partial charge on any atom is 0.309 e. The second-order valence-electron chi connectivity index (χ2n) is 7.82. The van der Waals surface area contributed by atoms with Gasteiger partial charge in [-0.05, 0) is 49.7 Å². The summed E-state index contributed by atoms with van der Waals surface area (Å²) in [7, 11) is 1.93. The Morgan fingerprint density at radius 2 is 1.76 bits per heavy atom. The minimum Gasteiger partial charge on any atom is -0.481 e. The van der Waals surface area contributed by atoms with Crippen LogP contribution in [0, 0.1) is 5.41 Å². The van der Waals surface area contributed by atoms with Crippen LogP contribution in [-0.4, -0.2) is 26.4 Å². The second kappa shape index (κ2) is 5.99. The number of aryl methyl sites for hydroxylation is 1. The van der Waals surface area contributed by atoms with Crippen LogP contribution in [0.5, 0.6) is 0 Å². The molecule has 25 heavy (non-hydrogen) atoms. The van der Waals surface area contributed by atoms with E-state index in [0.29, 0.717) is 0 Å². The highest BCUT2D eigenvalue weighted by atomic mass is 16.4. The van der Waals surface area contributed by atoms with Gasteiger partial charge in [0.15, 0.2) is 0 Å². The maximum absolute atomic E-state index is 11.5. The third kappa shape index (κ3) is 2.97. The van der Waals surface area contributed by atoms with Crippen LogP contribution in [0.4, 0.5) is 0 Å². The van der Waals surface area contributed by atoms with Gasteiger partial charge in [0.2, 0.25) is 0 Å². The van der Waals surface area contributed by atoms with Crippen LogP contribution in [0.25, 0.3) is 11.1 Å². The Bertz CT molecular complexity index is 754. The maximum atomic E-state index is 11.5. The fraction of sp³-hybridized carbons (Fsp3) is 0.500. The normalized spacial score (nSPS) is 28.2. The molecule has 0 saturated heterocycles. The van der Waals surface area contributed by atoms with Gasteiger partial charge in [-0.25, -0.2) is 0 Å². The highest BCUT2D eigenvalue weighted by molar-refractivity contribution is 5.75. The Morgan fingerprint density at radius 1 is 1.12 bits per heavy atom. The molecule has 1 aromatic heterocycles. The second-order valence-corrected chi connectivity index (χ2v) is 7.82. The van der Waals surface area contributed by atoms with Crippen molar-refractivity contribution in [3.05, 3.63) is 42.2 Å². The van der Waals surface area contributed by atoms with E-state index in [2.05, 4.69) is 34.7 Å². The van der Waals surface area contributed by atoms with Crippen molar-refractivity contribution in [2.75, 3.05) is 0 Å². The van der Waals surface area contributed by atoms with Crippen molar-refractivity contribution >= 4 is 5.97 Å². The molecule has 2 bridgehead atoms. The summed E-state index contributed by atoms with van der Waals surface area (Å²) in [4.78, 5) is 11.5. The Hall–Kier alpha value is -2.14. The third-order valence-corrected chi connectivity index (χ3v) is 6.36. The van der Waals surface area contributed by atoms with Crippen LogP contribution < -0.4 is 5.32 Å². The van der Waals surface area contributed by atoms with Crippen LogP contribution in [0.3, 0.4) is 0 Å². The highest BCUT2D eigenvalue weighted by Crippen LogP contribution is 2.52. The Labute approximate surface area is 148 Å². The minimum absolute atomic E-state index is 0.138. The molecule has 0 aliphatic heterocycles. The third-order valence-electron chi connectivity index (χ3n) is 6.36. The predicted octanol–water partition coefficient (Wildman–Crippen LogP) is 3.35. The summed E-state index contributed by atoms with van der Waals surface area (Å²) in [5.74, 6) is -0.591. The van der Waals surface area contributed by atoms with Crippen molar-refractivity contribution in [3.63, 3.8) is 0 Å². The number of rotatable bonds is 5. The molecule has 0 radical (unpaired) electrons. The van der Waals surface area contributed by atoms with E-state index in [4.69, 9.17) is 0 Å². The van der Waals surface area contributed by atoms with Crippen molar-refractivity contribution in [2.45, 2.75) is 50.6 Å². The zero-order valence-corrected chi connectivity index (χ0v) is 14.7. The lowest BCUT2D eigenvalue weighted by Gasteiger charge is -2.51. The molecular formula is C20H25N3O2. The van der Waals surface area contributed by atoms with Crippen LogP contribution in [0.2, 0.25) is 0 Å². The van der Waals surface area contributed by atoms with E-state index in [-0.39, 0.29) is 5.54 Å². The average molecular weight is 339 g/mol. The molecule has 0 unspecified atom stereocenters. The van der Waals surface area contributed by atoms with Gasteiger partial charge in [0.25, 0.3) is 0 Å². The number of hydrogen-bond donors (Lipinski definition) is 2. The number of hydrogen-bond acceptors (Lipinski definition) is 3. The molecule has 3 saturated carbocycles. The van der Waals surface area contributed by atoms with Crippen molar-refractivity contribution in [1.82, 2.24) is 15.1 Å². The van der Waals surface area contributed by atoms with E-state index >= 15 is 0 Å². The van der Waals surface area contributed by atoms with E-state index in [0.717, 1.165) is 50.6 Å². The van der Waals surface area contributed by atoms with Gasteiger partial charge in [-0.3, -0.25) is 9.48 Å². The fourth-order valence-corrected chi connectivity index (χ4v) is 4.45. The molecule has 5 nitrogen and oxygen atoms in total. The van der Waals surface area contributed by atoms with Gasteiger partial charge < -0.3 is 10.4 Å². The summed E-state index contributed by atoms with van der Waals surface area (Å²) in [6.07, 6.45) is 9.28. The van der Waals surface area contributed by atoms with Crippen LogP contribution in [-0.2, 0) is 18.4 Å². The molecule has 5 rings (SSSR count). The summed E-state index contributed by atoms with van der Waals surface area (Å²) in [5.41, 5.74) is 3.28. The van der Waals surface area contributed by atoms with Gasteiger partial charge in [0.1, 0.15) is 0 Å². The first-order valence-electron chi connectivity index (χ1n) is 9.07. The fourth-order valence-electron chi connectivity index (χ4n) is 4.45. The van der Waals surface area contributed by atoms with Gasteiger partial charge >= 0.3 is 5.97 Å². The smallest absolute Gasteiger partial charge is 0.309 e. The molecule has 3 aliphatic carbocycles. The summed E-state index contributed by atoms with van der Waals surface area (Å²) >= 11 is 0. The lowest BCUT2D eigenvalue weighted by atomic mass is 9.57. The molecule has 2 aromatic rings. The standard InChI is InChI=1S/C20H25N3O2/c1-23-14-17(13-22-23)16-4-2-15(3-5-16)12-21-20-9-6-19(7-10-20,8-11-20)18(24)25/h2-5,13-14,21H,6-12H2,1H3,(H,24,25). The quantitative estimate of drug-likeness (QED) is 0.876. The van der Waals surface area contributed by atoms with Crippen LogP contribution in [0.15, 0.2) is 36.7 Å². The predicted molar refractivity (Wildman–Crippen MR) is 96.0 cm³/mol. The summed E-state index contributed by atoms with van der Waals surface area (Å²) in [6, 6.07) is 8.62. The number of carboxylic acids is 1. The number of nitrogens with one attached hydrogen (secondary N) is 1. The molecule has 5 heteroatoms. The van der Waals surface area contributed by atoms with Crippen molar-refractivity contribution < 1.29 is 9.90 Å². The van der Waals surface area contributed by atoms with Crippen molar-refractivity contribution in [2.24, 2.45) is 12.5 Å². The Kier molecular flexibility index (Phi) is 3.91. The Balaban J connectivity index is 1.38. The number of nitrogens with zero attached hydrogens (tertiary/aromatic N) is 2. The zero-order chi connectivity index (χ0) is 17.5. The van der Waals surface area contributed by atoms with E-state index < -0.39 is 11.4 Å². The first kappa shape index (κ1) is 16.3. The van der Waals surface area contributed by atoms with Gasteiger partial charge in [-0.15, -0.1) is 0 Å². The van der Waals surface area contributed by atoms with Crippen LogP contribution in [0.1, 0.15) is 44.1 Å². The van der Waals surface area contributed by atoms with Gasteiger partial charge in [-0.2, -0.15) is 5.10 Å². The first-order chi connectivity index (χ1) is 12.0. The number of aromatic nitrogens is 2. The van der Waals surface area contributed by atoms with Gasteiger partial charge in [0.05, 0.1) is 11.6 Å². The first-order valence-corrected chi connectivity index (χ1v) is 9.07. The average Bonchev–Trinajstić information content (AvgIpc) is 3.08. The summed E-state index contributed by atoms with van der Waals surface area (Å²) in [6.45, 7) is 0.841. The molecule has 1 heterocycles. The lowest BCUT2D eigenvalue weighted by Crippen LogP contribution is -2.56. The molecule has 0 spiro atoms. The highest BCUT2D eigenvalue weighted by Gasteiger charge is 2.52. The van der Waals surface area contributed by atoms with Crippen molar-refractivity contribution in [1.29, 1.82) is 0 Å². The molecule has 1 aromatic carbocycles. The molecule has 132 valence electrons. The molecule has 3 aliphatic rings. The molecular weight excluding hydrogens is 314 g/mol. The number of fused-ring (bicyclic) bond motifs is 3. The van der Waals surface area contributed by atoms with E-state index in [1.807, 2.05) is 24.1 Å². The molecule has 2 N–H and O–H groups in total. The zero-order valence-electron chi connectivity index (χ0n) is 14.7. The molecule has 0 atom stereocenters. The number of carboxylic acid groups (broad SMARTS) is 1. The van der Waals surface area contributed by atoms with Crippen molar-refractivity contribution in [3.8, 4) is 11.1 Å². The van der Waals surface area contributed by atoms with E-state index in [1.54, 1.807) is 0 Å². The van der Waals surface area contributed by atoms with E-state index in [1.165, 1.54) is 11.1 Å². The van der Waals surface area contributed by atoms with Gasteiger partial charge in [0, 0.05) is 30.9 Å². The van der Waals surface area contributed by atoms with E-state index in [9.17, 15) is 9.90 Å².